The molecule has 0 spiro atoms. The summed E-state index contributed by atoms with van der Waals surface area (Å²) in [5.74, 6) is 0.182. The maximum absolute atomic E-state index is 12.3. The molecule has 1 aliphatic carbocycles. The molecule has 4 nitrogen and oxygen atoms in total. The number of benzene rings is 1. The summed E-state index contributed by atoms with van der Waals surface area (Å²) >= 11 is 0. The van der Waals surface area contributed by atoms with E-state index < -0.39 is 0 Å². The Balaban J connectivity index is 1.68. The summed E-state index contributed by atoms with van der Waals surface area (Å²) < 4.78 is 0. The van der Waals surface area contributed by atoms with E-state index in [2.05, 4.69) is 10.3 Å². The molecule has 0 atom stereocenters. The molecule has 0 aliphatic heterocycles. The van der Waals surface area contributed by atoms with Crippen molar-refractivity contribution in [2.24, 2.45) is 5.92 Å². The number of hydrogen-bond donors (Lipinski definition) is 1. The molecule has 1 fully saturated rings. The highest BCUT2D eigenvalue weighted by Crippen LogP contribution is 2.28. The van der Waals surface area contributed by atoms with Crippen LogP contribution in [0.5, 0.6) is 0 Å². The van der Waals surface area contributed by atoms with Gasteiger partial charge in [0.05, 0.1) is 0 Å². The van der Waals surface area contributed by atoms with E-state index >= 15 is 0 Å². The molecular weight excluding hydrogens is 276 g/mol. The van der Waals surface area contributed by atoms with Crippen molar-refractivity contribution in [3.63, 3.8) is 0 Å². The van der Waals surface area contributed by atoms with Gasteiger partial charge in [0.1, 0.15) is 0 Å². The Bertz CT molecular complexity index is 659. The lowest BCUT2D eigenvalue weighted by Gasteiger charge is -2.09. The van der Waals surface area contributed by atoms with Gasteiger partial charge in [-0.3, -0.25) is 14.6 Å². The summed E-state index contributed by atoms with van der Waals surface area (Å²) in [5.41, 5.74) is 1.94. The highest BCUT2D eigenvalue weighted by atomic mass is 16.1. The van der Waals surface area contributed by atoms with Crippen molar-refractivity contribution < 1.29 is 9.59 Å². The number of pyridine rings is 1. The molecule has 112 valence electrons. The zero-order valence-electron chi connectivity index (χ0n) is 12.3. The van der Waals surface area contributed by atoms with E-state index in [1.54, 1.807) is 48.8 Å². The van der Waals surface area contributed by atoms with Gasteiger partial charge in [-0.1, -0.05) is 25.0 Å². The maximum atomic E-state index is 12.3. The van der Waals surface area contributed by atoms with Crippen LogP contribution in [-0.4, -0.2) is 16.7 Å². The fraction of sp³-hybridized carbons (Fsp3) is 0.278. The number of anilines is 1. The molecule has 1 aromatic heterocycles. The molecule has 0 radical (unpaired) electrons. The largest absolute Gasteiger partial charge is 0.322 e. The minimum Gasteiger partial charge on any atom is -0.322 e. The van der Waals surface area contributed by atoms with Crippen molar-refractivity contribution in [2.45, 2.75) is 25.7 Å². The number of ketones is 1. The molecule has 1 saturated carbocycles. The molecule has 1 aromatic carbocycles. The van der Waals surface area contributed by atoms with Crippen LogP contribution in [0.15, 0.2) is 48.8 Å². The maximum Gasteiger partial charge on any atom is 0.255 e. The van der Waals surface area contributed by atoms with E-state index in [-0.39, 0.29) is 17.6 Å². The molecular formula is C18H18N2O2. The van der Waals surface area contributed by atoms with Gasteiger partial charge in [0.25, 0.3) is 5.91 Å². The van der Waals surface area contributed by atoms with E-state index in [0.717, 1.165) is 25.7 Å². The lowest BCUT2D eigenvalue weighted by Crippen LogP contribution is -2.14. The summed E-state index contributed by atoms with van der Waals surface area (Å²) in [6.07, 6.45) is 7.51. The number of nitrogens with one attached hydrogen (secondary N) is 1. The number of amides is 1. The molecule has 0 saturated heterocycles. The Morgan fingerprint density at radius 2 is 1.50 bits per heavy atom. The van der Waals surface area contributed by atoms with Gasteiger partial charge in [-0.15, -0.1) is 0 Å². The van der Waals surface area contributed by atoms with Gasteiger partial charge >= 0.3 is 0 Å². The Labute approximate surface area is 129 Å². The average molecular weight is 294 g/mol. The molecule has 3 rings (SSSR count). The Hall–Kier alpha value is -2.49. The van der Waals surface area contributed by atoms with Gasteiger partial charge in [0, 0.05) is 35.1 Å². The van der Waals surface area contributed by atoms with E-state index in [1.807, 2.05) is 0 Å². The predicted molar refractivity (Wildman–Crippen MR) is 84.9 cm³/mol. The lowest BCUT2D eigenvalue weighted by atomic mass is 9.95. The van der Waals surface area contributed by atoms with Crippen LogP contribution in [0.2, 0.25) is 0 Å². The highest BCUT2D eigenvalue weighted by molar-refractivity contribution is 6.05. The molecule has 1 N–H and O–H groups in total. The highest BCUT2D eigenvalue weighted by Gasteiger charge is 2.23. The molecule has 2 aromatic rings. The number of nitrogens with zero attached hydrogens (tertiary/aromatic N) is 1. The van der Waals surface area contributed by atoms with Crippen LogP contribution >= 0.6 is 0 Å². The van der Waals surface area contributed by atoms with Crippen LogP contribution in [0.25, 0.3) is 0 Å². The third-order valence-corrected chi connectivity index (χ3v) is 4.10. The quantitative estimate of drug-likeness (QED) is 0.874. The number of rotatable bonds is 4. The van der Waals surface area contributed by atoms with E-state index in [4.69, 9.17) is 0 Å². The minimum absolute atomic E-state index is 0.163. The Kier molecular flexibility index (Phi) is 4.28. The van der Waals surface area contributed by atoms with Crippen LogP contribution in [0.4, 0.5) is 5.69 Å². The first-order valence-corrected chi connectivity index (χ1v) is 7.60. The summed E-state index contributed by atoms with van der Waals surface area (Å²) in [7, 11) is 0. The topological polar surface area (TPSA) is 59.1 Å². The van der Waals surface area contributed by atoms with Crippen molar-refractivity contribution in [3.05, 3.63) is 59.9 Å². The number of carbonyl (C=O) groups is 2. The number of aromatic nitrogens is 1. The second-order valence-electron chi connectivity index (χ2n) is 5.61. The van der Waals surface area contributed by atoms with Gasteiger partial charge < -0.3 is 5.32 Å². The minimum atomic E-state index is -0.189. The third kappa shape index (κ3) is 3.22. The monoisotopic (exact) mass is 294 g/mol. The standard InChI is InChI=1S/C18H18N2O2/c21-17(13-3-1-2-4-13)14-5-7-15(8-6-14)18(22)20-16-9-11-19-12-10-16/h5-13H,1-4H2,(H,19,20,22). The van der Waals surface area contributed by atoms with Crippen LogP contribution in [0, 0.1) is 5.92 Å². The fourth-order valence-electron chi connectivity index (χ4n) is 2.85. The molecule has 1 aliphatic rings. The van der Waals surface area contributed by atoms with Gasteiger partial charge in [-0.2, -0.15) is 0 Å². The molecule has 1 amide bonds. The lowest BCUT2D eigenvalue weighted by molar-refractivity contribution is 0.0921. The van der Waals surface area contributed by atoms with Crippen LogP contribution in [-0.2, 0) is 0 Å². The van der Waals surface area contributed by atoms with Crippen LogP contribution in [0.3, 0.4) is 0 Å². The summed E-state index contributed by atoms with van der Waals surface area (Å²) in [6.45, 7) is 0. The number of Topliss-reactive ketones (excluding diaryl/α,β-unsaturated/α-hetero) is 1. The Morgan fingerprint density at radius 1 is 0.909 bits per heavy atom. The molecule has 4 heteroatoms. The van der Waals surface area contributed by atoms with Crippen LogP contribution in [0.1, 0.15) is 46.4 Å². The van der Waals surface area contributed by atoms with Crippen molar-refractivity contribution in [1.29, 1.82) is 0 Å². The zero-order valence-corrected chi connectivity index (χ0v) is 12.3. The Morgan fingerprint density at radius 3 is 2.14 bits per heavy atom. The second kappa shape index (κ2) is 6.52. The first kappa shape index (κ1) is 14.4. The summed E-state index contributed by atoms with van der Waals surface area (Å²) in [6, 6.07) is 10.4. The second-order valence-corrected chi connectivity index (χ2v) is 5.61. The molecule has 0 bridgehead atoms. The molecule has 0 unspecified atom stereocenters. The predicted octanol–water partition coefficient (Wildman–Crippen LogP) is 3.71. The summed E-state index contributed by atoms with van der Waals surface area (Å²) in [4.78, 5) is 28.4. The first-order chi connectivity index (χ1) is 10.7. The van der Waals surface area contributed by atoms with E-state index in [1.165, 1.54) is 0 Å². The molecule has 1 heterocycles. The number of hydrogen-bond acceptors (Lipinski definition) is 3. The third-order valence-electron chi connectivity index (χ3n) is 4.10. The van der Waals surface area contributed by atoms with E-state index in [9.17, 15) is 9.59 Å². The van der Waals surface area contributed by atoms with Gasteiger partial charge in [-0.05, 0) is 37.1 Å². The normalized spacial score (nSPS) is 14.7. The number of carbonyl (C=O) groups excluding carboxylic acids is 2. The zero-order chi connectivity index (χ0) is 15.4. The average Bonchev–Trinajstić information content (AvgIpc) is 3.10. The van der Waals surface area contributed by atoms with Crippen molar-refractivity contribution in [3.8, 4) is 0 Å². The van der Waals surface area contributed by atoms with Crippen LogP contribution < -0.4 is 5.32 Å². The smallest absolute Gasteiger partial charge is 0.255 e. The fourth-order valence-corrected chi connectivity index (χ4v) is 2.85. The van der Waals surface area contributed by atoms with Gasteiger partial charge in [0.15, 0.2) is 5.78 Å². The first-order valence-electron chi connectivity index (χ1n) is 7.60. The van der Waals surface area contributed by atoms with Gasteiger partial charge in [-0.25, -0.2) is 0 Å². The van der Waals surface area contributed by atoms with Crippen molar-refractivity contribution >= 4 is 17.4 Å². The molecule has 22 heavy (non-hydrogen) atoms. The van der Waals surface area contributed by atoms with Crippen molar-refractivity contribution in [2.75, 3.05) is 5.32 Å². The van der Waals surface area contributed by atoms with Crippen molar-refractivity contribution in [1.82, 2.24) is 4.98 Å². The van der Waals surface area contributed by atoms with E-state index in [0.29, 0.717) is 16.8 Å². The van der Waals surface area contributed by atoms with Gasteiger partial charge in [0.2, 0.25) is 0 Å². The SMILES string of the molecule is O=C(Nc1ccncc1)c1ccc(C(=O)C2CCCC2)cc1. The summed E-state index contributed by atoms with van der Waals surface area (Å²) in [5, 5.41) is 2.80.